The molecule has 0 unspecified atom stereocenters. The van der Waals surface area contributed by atoms with Crippen LogP contribution in [0.4, 0.5) is 5.69 Å². The van der Waals surface area contributed by atoms with Crippen LogP contribution in [0.15, 0.2) is 57.0 Å². The van der Waals surface area contributed by atoms with Gasteiger partial charge in [-0.2, -0.15) is 0 Å². The van der Waals surface area contributed by atoms with Crippen LogP contribution < -0.4 is 21.7 Å². The number of aromatic amines is 1. The number of methoxy groups -OCH3 is 1. The molecule has 0 aliphatic rings. The van der Waals surface area contributed by atoms with E-state index in [4.69, 9.17) is 27.9 Å². The van der Waals surface area contributed by atoms with E-state index in [1.165, 1.54) is 11.7 Å². The first-order chi connectivity index (χ1) is 16.2. The summed E-state index contributed by atoms with van der Waals surface area (Å²) in [4.78, 5) is 45.1. The van der Waals surface area contributed by atoms with Crippen LogP contribution in [0, 0.1) is 0 Å². The monoisotopic (exact) mass is 506 g/mol. The Morgan fingerprint density at radius 1 is 1.15 bits per heavy atom. The van der Waals surface area contributed by atoms with Gasteiger partial charge in [0.15, 0.2) is 0 Å². The molecule has 0 aliphatic heterocycles. The van der Waals surface area contributed by atoms with Crippen molar-refractivity contribution in [2.75, 3.05) is 13.7 Å². The highest BCUT2D eigenvalue weighted by atomic mass is 35.5. The zero-order chi connectivity index (χ0) is 24.8. The quantitative estimate of drug-likeness (QED) is 0.470. The summed E-state index contributed by atoms with van der Waals surface area (Å²) in [6.45, 7) is 3.98. The lowest BCUT2D eigenvalue weighted by atomic mass is 10.2. The summed E-state index contributed by atoms with van der Waals surface area (Å²) in [5, 5.41) is 0.892. The molecule has 1 N–H and O–H groups in total. The van der Waals surface area contributed by atoms with E-state index in [2.05, 4.69) is 14.7 Å². The summed E-state index contributed by atoms with van der Waals surface area (Å²) in [6, 6.07) is 11.1. The van der Waals surface area contributed by atoms with Crippen LogP contribution in [0.3, 0.4) is 0 Å². The van der Waals surface area contributed by atoms with Gasteiger partial charge in [0.25, 0.3) is 0 Å². The third-order valence-electron chi connectivity index (χ3n) is 4.96. The van der Waals surface area contributed by atoms with Gasteiger partial charge in [0, 0.05) is 5.02 Å². The van der Waals surface area contributed by atoms with Crippen LogP contribution in [0.1, 0.15) is 31.9 Å². The molecule has 3 rings (SSSR count). The lowest BCUT2D eigenvalue weighted by Crippen LogP contribution is -2.51. The second-order valence-corrected chi connectivity index (χ2v) is 8.25. The van der Waals surface area contributed by atoms with E-state index in [1.807, 2.05) is 6.92 Å². The standard InChI is InChI=1S/C23H24Cl2N4O5/c1-4-34-19-10-9-17(12-18(19)25)26-21-27-22(31)29(14(2)11-20(30)33-3)23(32)28(21)13-15-5-7-16(24)8-6-15/h5-10,12,14H,4,11,13H2,1-3H3,(H,26,27,31)/t14-/m0/s1. The van der Waals surface area contributed by atoms with Gasteiger partial charge in [-0.3, -0.25) is 14.3 Å². The Hall–Kier alpha value is -3.30. The Morgan fingerprint density at radius 3 is 2.47 bits per heavy atom. The predicted molar refractivity (Wildman–Crippen MR) is 129 cm³/mol. The number of aromatic nitrogens is 3. The van der Waals surface area contributed by atoms with Gasteiger partial charge in [-0.15, -0.1) is 0 Å². The number of carbonyl (C=O) groups is 1. The molecule has 0 saturated heterocycles. The summed E-state index contributed by atoms with van der Waals surface area (Å²) >= 11 is 12.2. The highest BCUT2D eigenvalue weighted by molar-refractivity contribution is 6.32. The minimum Gasteiger partial charge on any atom is -0.492 e. The number of nitrogens with zero attached hydrogens (tertiary/aromatic N) is 3. The average molecular weight is 507 g/mol. The zero-order valence-electron chi connectivity index (χ0n) is 18.9. The van der Waals surface area contributed by atoms with E-state index >= 15 is 0 Å². The van der Waals surface area contributed by atoms with Crippen molar-refractivity contribution >= 4 is 34.9 Å². The van der Waals surface area contributed by atoms with Crippen LogP contribution in [0.2, 0.25) is 10.0 Å². The number of benzene rings is 2. The number of ether oxygens (including phenoxy) is 2. The second-order valence-electron chi connectivity index (χ2n) is 7.41. The number of carbonyl (C=O) groups excluding carboxylic acids is 1. The molecule has 3 aromatic rings. The summed E-state index contributed by atoms with van der Waals surface area (Å²) in [5.74, 6) is -0.0430. The van der Waals surface area contributed by atoms with Crippen LogP contribution >= 0.6 is 23.2 Å². The molecule has 11 heteroatoms. The van der Waals surface area contributed by atoms with Gasteiger partial charge < -0.3 is 9.47 Å². The van der Waals surface area contributed by atoms with Gasteiger partial charge in [0.2, 0.25) is 5.62 Å². The molecule has 0 amide bonds. The minimum absolute atomic E-state index is 0.0201. The van der Waals surface area contributed by atoms with Crippen molar-refractivity contribution in [3.05, 3.63) is 84.7 Å². The summed E-state index contributed by atoms with van der Waals surface area (Å²) < 4.78 is 12.4. The van der Waals surface area contributed by atoms with Crippen molar-refractivity contribution in [2.45, 2.75) is 32.9 Å². The lowest BCUT2D eigenvalue weighted by molar-refractivity contribution is -0.141. The zero-order valence-corrected chi connectivity index (χ0v) is 20.4. The predicted octanol–water partition coefficient (Wildman–Crippen LogP) is 3.45. The molecule has 9 nitrogen and oxygen atoms in total. The fourth-order valence-corrected chi connectivity index (χ4v) is 3.65. The van der Waals surface area contributed by atoms with E-state index < -0.39 is 23.4 Å². The molecule has 0 saturated carbocycles. The topological polar surface area (TPSA) is 108 Å². The van der Waals surface area contributed by atoms with Crippen LogP contribution in [0.5, 0.6) is 5.75 Å². The average Bonchev–Trinajstić information content (AvgIpc) is 2.79. The molecule has 0 radical (unpaired) electrons. The molecule has 1 heterocycles. The van der Waals surface area contributed by atoms with Gasteiger partial charge in [-0.05, 0) is 49.7 Å². The van der Waals surface area contributed by atoms with Crippen molar-refractivity contribution < 1.29 is 14.3 Å². The van der Waals surface area contributed by atoms with Crippen LogP contribution in [-0.2, 0) is 16.1 Å². The van der Waals surface area contributed by atoms with Crippen molar-refractivity contribution in [3.63, 3.8) is 0 Å². The summed E-state index contributed by atoms with van der Waals surface area (Å²) in [7, 11) is 1.24. The number of hydrogen-bond donors (Lipinski definition) is 1. The maximum absolute atomic E-state index is 13.4. The van der Waals surface area contributed by atoms with E-state index in [1.54, 1.807) is 49.4 Å². The van der Waals surface area contributed by atoms with E-state index in [9.17, 15) is 14.4 Å². The molecule has 1 aromatic heterocycles. The number of nitrogens with one attached hydrogen (secondary N) is 1. The fraction of sp³-hybridized carbons (Fsp3) is 0.304. The molecule has 0 aliphatic carbocycles. The van der Waals surface area contributed by atoms with Gasteiger partial charge in [-0.1, -0.05) is 35.3 Å². The van der Waals surface area contributed by atoms with Gasteiger partial charge in [0.1, 0.15) is 5.75 Å². The largest absolute Gasteiger partial charge is 0.492 e. The molecule has 2 aromatic carbocycles. The Kier molecular flexibility index (Phi) is 8.36. The highest BCUT2D eigenvalue weighted by Crippen LogP contribution is 2.28. The molecule has 0 bridgehead atoms. The van der Waals surface area contributed by atoms with Crippen molar-refractivity contribution in [1.82, 2.24) is 14.1 Å². The maximum atomic E-state index is 13.4. The first kappa shape index (κ1) is 25.3. The normalized spacial score (nSPS) is 12.4. The minimum atomic E-state index is -0.742. The Labute approximate surface area is 205 Å². The molecule has 1 atom stereocenters. The van der Waals surface area contributed by atoms with E-state index in [0.717, 1.165) is 10.1 Å². The maximum Gasteiger partial charge on any atom is 0.335 e. The van der Waals surface area contributed by atoms with Gasteiger partial charge in [0.05, 0.1) is 43.4 Å². The first-order valence-electron chi connectivity index (χ1n) is 10.5. The smallest absolute Gasteiger partial charge is 0.335 e. The van der Waals surface area contributed by atoms with Crippen LogP contribution in [0.25, 0.3) is 0 Å². The second kappa shape index (κ2) is 11.2. The lowest BCUT2D eigenvalue weighted by Gasteiger charge is -2.16. The molecule has 0 fully saturated rings. The molecule has 0 spiro atoms. The highest BCUT2D eigenvalue weighted by Gasteiger charge is 2.18. The van der Waals surface area contributed by atoms with E-state index in [-0.39, 0.29) is 18.6 Å². The summed E-state index contributed by atoms with van der Waals surface area (Å²) in [5.41, 5.74) is -0.150. The van der Waals surface area contributed by atoms with E-state index in [0.29, 0.717) is 28.1 Å². The fourth-order valence-electron chi connectivity index (χ4n) is 3.29. The third kappa shape index (κ3) is 5.98. The molecular formula is C23H24Cl2N4O5. The molecule has 34 heavy (non-hydrogen) atoms. The number of hydrogen-bond acceptors (Lipinski definition) is 6. The van der Waals surface area contributed by atoms with Crippen molar-refractivity contribution in [3.8, 4) is 5.75 Å². The number of H-pyrrole nitrogens is 1. The number of esters is 1. The Balaban J connectivity index is 2.18. The van der Waals surface area contributed by atoms with Gasteiger partial charge >= 0.3 is 17.3 Å². The first-order valence-corrected chi connectivity index (χ1v) is 11.2. The van der Waals surface area contributed by atoms with Crippen LogP contribution in [-0.4, -0.2) is 33.8 Å². The molecule has 180 valence electrons. The summed E-state index contributed by atoms with van der Waals surface area (Å²) in [6.07, 6.45) is -0.147. The molecular weight excluding hydrogens is 483 g/mol. The third-order valence-corrected chi connectivity index (χ3v) is 5.51. The van der Waals surface area contributed by atoms with Gasteiger partial charge in [-0.25, -0.2) is 19.1 Å². The number of rotatable bonds is 8. The Bertz CT molecular complexity index is 1360. The van der Waals surface area contributed by atoms with Crippen molar-refractivity contribution in [1.29, 1.82) is 0 Å². The number of halogens is 2. The van der Waals surface area contributed by atoms with Crippen molar-refractivity contribution in [2.24, 2.45) is 4.99 Å². The Morgan fingerprint density at radius 2 is 1.85 bits per heavy atom. The SMILES string of the molecule is CCOc1ccc(/N=c2\[nH]c(=O)n([C@@H](C)CC(=O)OC)c(=O)n2Cc2ccc(Cl)cc2)cc1Cl.